The highest BCUT2D eigenvalue weighted by molar-refractivity contribution is 5.31. The van der Waals surface area contributed by atoms with Crippen LogP contribution >= 0.6 is 0 Å². The second kappa shape index (κ2) is 7.34. The molecule has 102 valence electrons. The Bertz CT molecular complexity index is 369. The van der Waals surface area contributed by atoms with Crippen molar-refractivity contribution in [2.45, 2.75) is 19.4 Å². The Labute approximate surface area is 109 Å². The van der Waals surface area contributed by atoms with E-state index in [1.165, 1.54) is 7.11 Å². The van der Waals surface area contributed by atoms with Gasteiger partial charge in [0.15, 0.2) is 11.6 Å². The first-order valence-electron chi connectivity index (χ1n) is 6.28. The van der Waals surface area contributed by atoms with E-state index < -0.39 is 0 Å². The Kier molecular flexibility index (Phi) is 6.09. The molecule has 0 aliphatic carbocycles. The lowest BCUT2D eigenvalue weighted by atomic mass is 10.0. The first kappa shape index (κ1) is 14.9. The van der Waals surface area contributed by atoms with Crippen molar-refractivity contribution >= 4 is 0 Å². The first-order chi connectivity index (χ1) is 8.58. The second-order valence-corrected chi connectivity index (χ2v) is 4.65. The van der Waals surface area contributed by atoms with Gasteiger partial charge in [-0.3, -0.25) is 0 Å². The number of hydrogen-bond donors (Lipinski definition) is 1. The highest BCUT2D eigenvalue weighted by Gasteiger charge is 2.14. The lowest BCUT2D eigenvalue weighted by Gasteiger charge is -2.22. The van der Waals surface area contributed by atoms with Crippen molar-refractivity contribution < 1.29 is 9.13 Å². The number of methoxy groups -OCH3 is 1. The Morgan fingerprint density at radius 3 is 2.67 bits per heavy atom. The van der Waals surface area contributed by atoms with Gasteiger partial charge >= 0.3 is 0 Å². The van der Waals surface area contributed by atoms with E-state index in [2.05, 4.69) is 17.1 Å². The molecule has 0 aromatic heterocycles. The molecule has 0 fully saturated rings. The van der Waals surface area contributed by atoms with Crippen molar-refractivity contribution in [1.82, 2.24) is 10.2 Å². The van der Waals surface area contributed by atoms with E-state index in [1.807, 2.05) is 26.2 Å². The maximum atomic E-state index is 14.0. The van der Waals surface area contributed by atoms with Crippen molar-refractivity contribution in [2.75, 3.05) is 34.3 Å². The monoisotopic (exact) mass is 254 g/mol. The molecule has 1 atom stereocenters. The summed E-state index contributed by atoms with van der Waals surface area (Å²) in [6.45, 7) is 3.82. The van der Waals surface area contributed by atoms with E-state index in [-0.39, 0.29) is 11.9 Å². The zero-order chi connectivity index (χ0) is 13.5. The Morgan fingerprint density at radius 1 is 1.39 bits per heavy atom. The maximum absolute atomic E-state index is 14.0. The Balaban J connectivity index is 2.79. The number of hydrogen-bond acceptors (Lipinski definition) is 3. The fourth-order valence-corrected chi connectivity index (χ4v) is 2.07. The fraction of sp³-hybridized carbons (Fsp3) is 0.571. The van der Waals surface area contributed by atoms with Crippen LogP contribution in [0.25, 0.3) is 0 Å². The van der Waals surface area contributed by atoms with E-state index in [4.69, 9.17) is 4.74 Å². The molecule has 0 spiro atoms. The third kappa shape index (κ3) is 4.27. The van der Waals surface area contributed by atoms with Crippen molar-refractivity contribution in [3.8, 4) is 5.75 Å². The smallest absolute Gasteiger partial charge is 0.168 e. The molecule has 0 aliphatic heterocycles. The first-order valence-corrected chi connectivity index (χ1v) is 6.28. The minimum absolute atomic E-state index is 0.242. The van der Waals surface area contributed by atoms with Gasteiger partial charge in [0, 0.05) is 12.6 Å². The van der Waals surface area contributed by atoms with Crippen LogP contribution in [-0.4, -0.2) is 45.2 Å². The third-order valence-corrected chi connectivity index (χ3v) is 2.81. The topological polar surface area (TPSA) is 24.5 Å². The van der Waals surface area contributed by atoms with Gasteiger partial charge in [0.05, 0.1) is 7.11 Å². The summed E-state index contributed by atoms with van der Waals surface area (Å²) in [5.41, 5.74) is 0.696. The van der Waals surface area contributed by atoms with Gasteiger partial charge in [0.2, 0.25) is 0 Å². The zero-order valence-corrected chi connectivity index (χ0v) is 11.7. The minimum atomic E-state index is -0.248. The average Bonchev–Trinajstić information content (AvgIpc) is 2.31. The van der Waals surface area contributed by atoms with E-state index in [1.54, 1.807) is 6.07 Å². The molecule has 3 nitrogen and oxygen atoms in total. The lowest BCUT2D eigenvalue weighted by Crippen LogP contribution is -2.39. The number of nitrogens with one attached hydrogen (secondary N) is 1. The third-order valence-electron chi connectivity index (χ3n) is 2.81. The number of nitrogens with zero attached hydrogens (tertiary/aromatic N) is 1. The van der Waals surface area contributed by atoms with E-state index in [0.717, 1.165) is 13.1 Å². The summed E-state index contributed by atoms with van der Waals surface area (Å²) >= 11 is 0. The molecule has 4 heteroatoms. The number of benzene rings is 1. The normalized spacial score (nSPS) is 12.8. The van der Waals surface area contributed by atoms with Crippen molar-refractivity contribution in [1.29, 1.82) is 0 Å². The van der Waals surface area contributed by atoms with E-state index in [0.29, 0.717) is 17.7 Å². The quantitative estimate of drug-likeness (QED) is 0.804. The molecule has 0 radical (unpaired) electrons. The predicted octanol–water partition coefficient (Wildman–Crippen LogP) is 1.92. The van der Waals surface area contributed by atoms with Gasteiger partial charge in [0.25, 0.3) is 0 Å². The van der Waals surface area contributed by atoms with Crippen molar-refractivity contribution in [3.63, 3.8) is 0 Å². The molecule has 1 N–H and O–H groups in total. The summed E-state index contributed by atoms with van der Waals surface area (Å²) < 4.78 is 19.0. The summed E-state index contributed by atoms with van der Waals surface area (Å²) in [5, 5.41) is 3.38. The molecular formula is C14H23FN2O. The van der Waals surface area contributed by atoms with Crippen LogP contribution in [0, 0.1) is 5.82 Å². The summed E-state index contributed by atoms with van der Waals surface area (Å²) in [5.74, 6) is 0.0641. The zero-order valence-electron chi connectivity index (χ0n) is 11.7. The largest absolute Gasteiger partial charge is 0.494 e. The Morgan fingerprint density at radius 2 is 2.11 bits per heavy atom. The van der Waals surface area contributed by atoms with Gasteiger partial charge in [-0.05, 0) is 38.7 Å². The highest BCUT2D eigenvalue weighted by atomic mass is 19.1. The van der Waals surface area contributed by atoms with Crippen LogP contribution in [-0.2, 0) is 6.42 Å². The number of halogens is 1. The number of rotatable bonds is 7. The molecular weight excluding hydrogens is 231 g/mol. The average molecular weight is 254 g/mol. The van der Waals surface area contributed by atoms with Gasteiger partial charge in [-0.1, -0.05) is 19.1 Å². The summed E-state index contributed by atoms with van der Waals surface area (Å²) in [7, 11) is 5.53. The van der Waals surface area contributed by atoms with Gasteiger partial charge in [-0.15, -0.1) is 0 Å². The van der Waals surface area contributed by atoms with Gasteiger partial charge in [-0.2, -0.15) is 0 Å². The van der Waals surface area contributed by atoms with Crippen LogP contribution < -0.4 is 10.1 Å². The molecule has 1 unspecified atom stereocenters. The molecule has 1 aromatic rings. The van der Waals surface area contributed by atoms with E-state index >= 15 is 0 Å². The second-order valence-electron chi connectivity index (χ2n) is 4.65. The summed E-state index contributed by atoms with van der Waals surface area (Å²) in [6.07, 6.45) is 0.662. The molecule has 18 heavy (non-hydrogen) atoms. The molecule has 0 bridgehead atoms. The molecule has 0 saturated carbocycles. The minimum Gasteiger partial charge on any atom is -0.494 e. The van der Waals surface area contributed by atoms with Gasteiger partial charge in [-0.25, -0.2) is 4.39 Å². The standard InChI is InChI=1S/C14H23FN2O/c1-5-16-12(10-17(2)3)9-11-7-6-8-13(18-4)14(11)15/h6-8,12,16H,5,9-10H2,1-4H3. The summed E-state index contributed by atoms with van der Waals surface area (Å²) in [6, 6.07) is 5.53. The fourth-order valence-electron chi connectivity index (χ4n) is 2.07. The SMILES string of the molecule is CCNC(Cc1cccc(OC)c1F)CN(C)C. The number of ether oxygens (including phenoxy) is 1. The van der Waals surface area contributed by atoms with Crippen LogP contribution in [0.15, 0.2) is 18.2 Å². The Hall–Kier alpha value is -1.13. The van der Waals surface area contributed by atoms with Gasteiger partial charge < -0.3 is 15.0 Å². The summed E-state index contributed by atoms with van der Waals surface area (Å²) in [4.78, 5) is 2.10. The van der Waals surface area contributed by atoms with E-state index in [9.17, 15) is 4.39 Å². The van der Waals surface area contributed by atoms with Crippen molar-refractivity contribution in [2.24, 2.45) is 0 Å². The lowest BCUT2D eigenvalue weighted by molar-refractivity contribution is 0.335. The molecule has 0 amide bonds. The molecule has 0 aliphatic rings. The van der Waals surface area contributed by atoms with Crippen LogP contribution in [0.5, 0.6) is 5.75 Å². The maximum Gasteiger partial charge on any atom is 0.168 e. The van der Waals surface area contributed by atoms with Crippen LogP contribution in [0.2, 0.25) is 0 Å². The highest BCUT2D eigenvalue weighted by Crippen LogP contribution is 2.21. The molecule has 1 rings (SSSR count). The van der Waals surface area contributed by atoms with Gasteiger partial charge in [0.1, 0.15) is 0 Å². The molecule has 0 saturated heterocycles. The molecule has 0 heterocycles. The van der Waals surface area contributed by atoms with Crippen molar-refractivity contribution in [3.05, 3.63) is 29.6 Å². The number of likely N-dealkylation sites (N-methyl/N-ethyl adjacent to an activating group) is 2. The predicted molar refractivity (Wildman–Crippen MR) is 72.7 cm³/mol. The van der Waals surface area contributed by atoms with Crippen LogP contribution in [0.4, 0.5) is 4.39 Å². The van der Waals surface area contributed by atoms with Crippen LogP contribution in [0.3, 0.4) is 0 Å². The van der Waals surface area contributed by atoms with Crippen LogP contribution in [0.1, 0.15) is 12.5 Å². The molecule has 1 aromatic carbocycles.